The molecule has 0 amide bonds. The maximum atomic E-state index is 12.2. The number of hydrogen-bond donors (Lipinski definition) is 1. The van der Waals surface area contributed by atoms with Gasteiger partial charge in [-0.15, -0.1) is 0 Å². The van der Waals surface area contributed by atoms with Crippen LogP contribution < -0.4 is 0 Å². The van der Waals surface area contributed by atoms with Crippen molar-refractivity contribution in [1.29, 1.82) is 0 Å². The minimum absolute atomic E-state index is 0.0510. The number of aryl methyl sites for hydroxylation is 2. The summed E-state index contributed by atoms with van der Waals surface area (Å²) in [5.41, 5.74) is 0.907. The second-order valence-electron chi connectivity index (χ2n) is 4.51. The van der Waals surface area contributed by atoms with Gasteiger partial charge in [-0.1, -0.05) is 6.07 Å². The first-order valence-electron chi connectivity index (χ1n) is 6.05. The van der Waals surface area contributed by atoms with Gasteiger partial charge in [-0.3, -0.25) is 0 Å². The number of imidazole rings is 1. The van der Waals surface area contributed by atoms with Crippen molar-refractivity contribution in [1.82, 2.24) is 9.55 Å². The van der Waals surface area contributed by atoms with Gasteiger partial charge in [0.25, 0.3) is 0 Å². The van der Waals surface area contributed by atoms with Gasteiger partial charge >= 0.3 is 12.1 Å². The molecule has 0 unspecified atom stereocenters. The number of nitrogens with zero attached hydrogens (tertiary/aromatic N) is 2. The molecule has 0 fully saturated rings. The zero-order valence-electron chi connectivity index (χ0n) is 10.7. The Morgan fingerprint density at radius 3 is 2.70 bits per heavy atom. The Balaban J connectivity index is 2.37. The SMILES string of the molecule is Cc1nc2cccc(C(=O)O)c2n1CCCC(F)(F)F. The van der Waals surface area contributed by atoms with Crippen LogP contribution in [0.15, 0.2) is 18.2 Å². The molecule has 1 N–H and O–H groups in total. The molecule has 0 saturated heterocycles. The predicted molar refractivity (Wildman–Crippen MR) is 66.7 cm³/mol. The van der Waals surface area contributed by atoms with Crippen LogP contribution in [0.1, 0.15) is 29.0 Å². The zero-order valence-corrected chi connectivity index (χ0v) is 10.7. The van der Waals surface area contributed by atoms with Crippen molar-refractivity contribution in [3.05, 3.63) is 29.6 Å². The second kappa shape index (κ2) is 5.15. The van der Waals surface area contributed by atoms with Crippen molar-refractivity contribution in [2.45, 2.75) is 32.5 Å². The van der Waals surface area contributed by atoms with E-state index in [1.165, 1.54) is 10.6 Å². The molecule has 0 atom stereocenters. The number of rotatable bonds is 4. The van der Waals surface area contributed by atoms with Gasteiger partial charge in [-0.25, -0.2) is 9.78 Å². The third-order valence-corrected chi connectivity index (χ3v) is 3.03. The summed E-state index contributed by atoms with van der Waals surface area (Å²) >= 11 is 0. The van der Waals surface area contributed by atoms with Crippen molar-refractivity contribution in [3.63, 3.8) is 0 Å². The molecule has 4 nitrogen and oxygen atoms in total. The molecule has 1 aromatic heterocycles. The third kappa shape index (κ3) is 2.92. The number of benzene rings is 1. The lowest BCUT2D eigenvalue weighted by Gasteiger charge is -2.10. The normalized spacial score (nSPS) is 12.0. The van der Waals surface area contributed by atoms with E-state index in [0.29, 0.717) is 16.9 Å². The number of para-hydroxylation sites is 1. The fourth-order valence-corrected chi connectivity index (χ4v) is 2.19. The Morgan fingerprint density at radius 2 is 2.10 bits per heavy atom. The molecular weight excluding hydrogens is 273 g/mol. The van der Waals surface area contributed by atoms with Crippen LogP contribution in [-0.2, 0) is 6.54 Å². The van der Waals surface area contributed by atoms with Crippen LogP contribution in [-0.4, -0.2) is 26.8 Å². The van der Waals surface area contributed by atoms with Crippen molar-refractivity contribution in [2.24, 2.45) is 0 Å². The highest BCUT2D eigenvalue weighted by Crippen LogP contribution is 2.24. The van der Waals surface area contributed by atoms with E-state index < -0.39 is 18.6 Å². The summed E-state index contributed by atoms with van der Waals surface area (Å²) in [7, 11) is 0. The number of carboxylic acid groups (broad SMARTS) is 1. The molecule has 0 aliphatic heterocycles. The molecule has 20 heavy (non-hydrogen) atoms. The number of carboxylic acids is 1. The van der Waals surface area contributed by atoms with E-state index in [1.807, 2.05) is 0 Å². The maximum Gasteiger partial charge on any atom is 0.389 e. The van der Waals surface area contributed by atoms with E-state index in [0.717, 1.165) is 0 Å². The number of fused-ring (bicyclic) bond motifs is 1. The average Bonchev–Trinajstić information content (AvgIpc) is 2.64. The first-order valence-corrected chi connectivity index (χ1v) is 6.05. The van der Waals surface area contributed by atoms with Crippen LogP contribution in [0.5, 0.6) is 0 Å². The van der Waals surface area contributed by atoms with Crippen LogP contribution in [0.3, 0.4) is 0 Å². The molecule has 1 aromatic carbocycles. The molecule has 7 heteroatoms. The molecule has 0 spiro atoms. The van der Waals surface area contributed by atoms with E-state index in [-0.39, 0.29) is 18.5 Å². The first-order chi connectivity index (χ1) is 9.29. The molecule has 2 rings (SSSR count). The van der Waals surface area contributed by atoms with Crippen molar-refractivity contribution in [2.75, 3.05) is 0 Å². The lowest BCUT2D eigenvalue weighted by atomic mass is 10.2. The van der Waals surface area contributed by atoms with Gasteiger partial charge in [0, 0.05) is 13.0 Å². The summed E-state index contributed by atoms with van der Waals surface area (Å²) < 4.78 is 38.1. The Hall–Kier alpha value is -2.05. The molecule has 0 radical (unpaired) electrons. The Kier molecular flexibility index (Phi) is 3.69. The van der Waals surface area contributed by atoms with Gasteiger partial charge in [-0.2, -0.15) is 13.2 Å². The summed E-state index contributed by atoms with van der Waals surface area (Å²) in [6, 6.07) is 4.64. The summed E-state index contributed by atoms with van der Waals surface area (Å²) in [6.07, 6.45) is -5.22. The topological polar surface area (TPSA) is 55.1 Å². The standard InChI is InChI=1S/C13H13F3N2O2/c1-8-17-10-5-2-4-9(12(19)20)11(10)18(8)7-3-6-13(14,15)16/h2,4-5H,3,6-7H2,1H3,(H,19,20). The Bertz CT molecular complexity index is 647. The summed E-state index contributed by atoms with van der Waals surface area (Å²) in [4.78, 5) is 15.4. The van der Waals surface area contributed by atoms with Gasteiger partial charge < -0.3 is 9.67 Å². The molecule has 108 valence electrons. The quantitative estimate of drug-likeness (QED) is 0.937. The highest BCUT2D eigenvalue weighted by molar-refractivity contribution is 6.01. The van der Waals surface area contributed by atoms with Gasteiger partial charge in [0.2, 0.25) is 0 Å². The lowest BCUT2D eigenvalue weighted by molar-refractivity contribution is -0.135. The number of halogens is 3. The van der Waals surface area contributed by atoms with Crippen LogP contribution in [0, 0.1) is 6.92 Å². The van der Waals surface area contributed by atoms with E-state index in [4.69, 9.17) is 5.11 Å². The summed E-state index contributed by atoms with van der Waals surface area (Å²) in [6.45, 7) is 1.74. The fraction of sp³-hybridized carbons (Fsp3) is 0.385. The third-order valence-electron chi connectivity index (χ3n) is 3.03. The average molecular weight is 286 g/mol. The lowest BCUT2D eigenvalue weighted by Crippen LogP contribution is -2.11. The molecule has 2 aromatic rings. The summed E-state index contributed by atoms with van der Waals surface area (Å²) in [5, 5.41) is 9.15. The van der Waals surface area contributed by atoms with Crippen LogP contribution in [0.2, 0.25) is 0 Å². The molecule has 0 saturated carbocycles. The smallest absolute Gasteiger partial charge is 0.389 e. The molecule has 0 aliphatic carbocycles. The molecule has 0 bridgehead atoms. The van der Waals surface area contributed by atoms with Crippen LogP contribution >= 0.6 is 0 Å². The zero-order chi connectivity index (χ0) is 14.9. The van der Waals surface area contributed by atoms with E-state index >= 15 is 0 Å². The first kappa shape index (κ1) is 14.4. The number of hydrogen-bond acceptors (Lipinski definition) is 2. The van der Waals surface area contributed by atoms with Gasteiger partial charge in [0.05, 0.1) is 16.6 Å². The predicted octanol–water partition coefficient (Wildman–Crippen LogP) is 3.39. The van der Waals surface area contributed by atoms with E-state index in [1.54, 1.807) is 19.1 Å². The van der Waals surface area contributed by atoms with Crippen molar-refractivity contribution >= 4 is 17.0 Å². The second-order valence-corrected chi connectivity index (χ2v) is 4.51. The minimum Gasteiger partial charge on any atom is -0.478 e. The largest absolute Gasteiger partial charge is 0.478 e. The molecular formula is C13H13F3N2O2. The highest BCUT2D eigenvalue weighted by atomic mass is 19.4. The Morgan fingerprint density at radius 1 is 1.40 bits per heavy atom. The van der Waals surface area contributed by atoms with Gasteiger partial charge in [0.1, 0.15) is 5.82 Å². The maximum absolute atomic E-state index is 12.2. The van der Waals surface area contributed by atoms with Crippen molar-refractivity contribution in [3.8, 4) is 0 Å². The monoisotopic (exact) mass is 286 g/mol. The highest BCUT2D eigenvalue weighted by Gasteiger charge is 2.26. The van der Waals surface area contributed by atoms with Gasteiger partial charge in [0.15, 0.2) is 0 Å². The van der Waals surface area contributed by atoms with Crippen LogP contribution in [0.4, 0.5) is 13.2 Å². The summed E-state index contributed by atoms with van der Waals surface area (Å²) in [5.74, 6) is -0.608. The number of aromatic carboxylic acids is 1. The Labute approximate surface area is 112 Å². The van der Waals surface area contributed by atoms with E-state index in [9.17, 15) is 18.0 Å². The fourth-order valence-electron chi connectivity index (χ4n) is 2.19. The van der Waals surface area contributed by atoms with Gasteiger partial charge in [-0.05, 0) is 25.5 Å². The van der Waals surface area contributed by atoms with Crippen molar-refractivity contribution < 1.29 is 23.1 Å². The van der Waals surface area contributed by atoms with E-state index in [2.05, 4.69) is 4.98 Å². The number of alkyl halides is 3. The number of carbonyl (C=O) groups is 1. The number of aromatic nitrogens is 2. The minimum atomic E-state index is -4.21. The molecule has 1 heterocycles. The molecule has 0 aliphatic rings. The van der Waals surface area contributed by atoms with Crippen LogP contribution in [0.25, 0.3) is 11.0 Å².